The highest BCUT2D eigenvalue weighted by molar-refractivity contribution is 8.00. The van der Waals surface area contributed by atoms with Gasteiger partial charge in [-0.25, -0.2) is 0 Å². The number of methoxy groups -OCH3 is 1. The van der Waals surface area contributed by atoms with Gasteiger partial charge in [-0.15, -0.1) is 15.3 Å². The largest absolute Gasteiger partial charge is 0.497 e. The number of aromatic nitrogens is 4. The maximum atomic E-state index is 5.27. The lowest BCUT2D eigenvalue weighted by Gasteiger charge is -2.11. The molecule has 0 bridgehead atoms. The Morgan fingerprint density at radius 3 is 2.96 bits per heavy atom. The van der Waals surface area contributed by atoms with Gasteiger partial charge in [0.2, 0.25) is 10.8 Å². The molecule has 0 spiro atoms. The molecule has 0 fully saturated rings. The van der Waals surface area contributed by atoms with Crippen molar-refractivity contribution < 1.29 is 10.5 Å². The second-order valence-corrected chi connectivity index (χ2v) is 7.93. The number of hydrogen-bond acceptors (Lipinski definition) is 6. The summed E-state index contributed by atoms with van der Waals surface area (Å²) in [5.41, 5.74) is 5.45. The van der Waals surface area contributed by atoms with Crippen molar-refractivity contribution in [3.8, 4) is 5.75 Å². The molecule has 2 atom stereocenters. The molecule has 2 heterocycles. The first-order chi connectivity index (χ1) is 11.6. The Morgan fingerprint density at radius 2 is 2.21 bits per heavy atom. The van der Waals surface area contributed by atoms with Crippen LogP contribution < -0.4 is 10.5 Å². The van der Waals surface area contributed by atoms with Gasteiger partial charge in [0.05, 0.1) is 7.11 Å². The minimum absolute atomic E-state index is 0.100. The van der Waals surface area contributed by atoms with E-state index in [2.05, 4.69) is 40.9 Å². The Morgan fingerprint density at radius 1 is 1.38 bits per heavy atom. The van der Waals surface area contributed by atoms with Gasteiger partial charge in [0, 0.05) is 11.7 Å². The smallest absolute Gasteiger partial charge is 0.235 e. The Kier molecular flexibility index (Phi) is 5.37. The molecule has 0 aliphatic rings. The fourth-order valence-corrected chi connectivity index (χ4v) is 4.18. The average molecular weight is 365 g/mol. The summed E-state index contributed by atoms with van der Waals surface area (Å²) in [4.78, 5) is 0.829. The van der Waals surface area contributed by atoms with Crippen LogP contribution >= 0.6 is 23.1 Å². The zero-order chi connectivity index (χ0) is 17.1. The molecule has 1 aromatic carbocycles. The highest BCUT2D eigenvalue weighted by Crippen LogP contribution is 2.29. The van der Waals surface area contributed by atoms with E-state index < -0.39 is 0 Å². The molecule has 6 nitrogen and oxygen atoms in total. The number of quaternary nitrogens is 1. The van der Waals surface area contributed by atoms with Crippen molar-refractivity contribution in [2.24, 2.45) is 5.92 Å². The second-order valence-electron chi connectivity index (χ2n) is 5.75. The molecule has 8 heteroatoms. The van der Waals surface area contributed by atoms with Crippen molar-refractivity contribution in [3.05, 3.63) is 35.7 Å². The topological polar surface area (TPSA) is 80.0 Å². The van der Waals surface area contributed by atoms with Gasteiger partial charge in [-0.2, -0.15) is 4.52 Å². The first kappa shape index (κ1) is 17.2. The first-order valence-electron chi connectivity index (χ1n) is 7.93. The molecule has 3 aromatic rings. The van der Waals surface area contributed by atoms with Gasteiger partial charge in [0.15, 0.2) is 4.34 Å². The molecule has 128 valence electrons. The van der Waals surface area contributed by atoms with Crippen LogP contribution in [-0.4, -0.2) is 26.9 Å². The van der Waals surface area contributed by atoms with Gasteiger partial charge in [0.25, 0.3) is 0 Å². The highest BCUT2D eigenvalue weighted by atomic mass is 32.2. The standard InChI is InChI=1S/C16H21N5OS2/c1-4-10(2)13(17)14-18-19-15-21(14)20-16(24-15)23-9-11-6-5-7-12(8-11)22-3/h5-8,10,13H,4,9,17H2,1-3H3/p+1/t10-,13-/m0/s1. The Bertz CT molecular complexity index is 816. The number of nitrogens with zero attached hydrogens (tertiary/aromatic N) is 4. The van der Waals surface area contributed by atoms with Crippen LogP contribution in [0.15, 0.2) is 28.6 Å². The lowest BCUT2D eigenvalue weighted by Crippen LogP contribution is -2.57. The molecule has 0 unspecified atom stereocenters. The van der Waals surface area contributed by atoms with E-state index >= 15 is 0 Å². The van der Waals surface area contributed by atoms with E-state index in [9.17, 15) is 0 Å². The van der Waals surface area contributed by atoms with Crippen molar-refractivity contribution >= 4 is 28.1 Å². The maximum Gasteiger partial charge on any atom is 0.235 e. The average Bonchev–Trinajstić information content (AvgIpc) is 3.19. The summed E-state index contributed by atoms with van der Waals surface area (Å²) in [6.45, 7) is 4.35. The van der Waals surface area contributed by atoms with Crippen LogP contribution in [0.2, 0.25) is 0 Å². The number of hydrogen-bond donors (Lipinski definition) is 1. The van der Waals surface area contributed by atoms with Crippen LogP contribution in [0.25, 0.3) is 4.96 Å². The molecule has 0 aliphatic heterocycles. The summed E-state index contributed by atoms with van der Waals surface area (Å²) in [6, 6.07) is 8.20. The van der Waals surface area contributed by atoms with E-state index in [0.717, 1.165) is 33.0 Å². The summed E-state index contributed by atoms with van der Waals surface area (Å²) in [7, 11) is 1.68. The van der Waals surface area contributed by atoms with Crippen molar-refractivity contribution in [1.29, 1.82) is 0 Å². The zero-order valence-electron chi connectivity index (χ0n) is 14.1. The quantitative estimate of drug-likeness (QED) is 0.652. The predicted molar refractivity (Wildman–Crippen MR) is 96.3 cm³/mol. The van der Waals surface area contributed by atoms with Crippen LogP contribution in [0, 0.1) is 5.92 Å². The Balaban J connectivity index is 1.75. The molecular formula is C16H22N5OS2+. The van der Waals surface area contributed by atoms with Crippen LogP contribution in [0.1, 0.15) is 37.7 Å². The molecule has 0 radical (unpaired) electrons. The van der Waals surface area contributed by atoms with Crippen molar-refractivity contribution in [2.75, 3.05) is 7.11 Å². The van der Waals surface area contributed by atoms with Gasteiger partial charge >= 0.3 is 0 Å². The lowest BCUT2D eigenvalue weighted by molar-refractivity contribution is -0.441. The van der Waals surface area contributed by atoms with Gasteiger partial charge < -0.3 is 10.5 Å². The lowest BCUT2D eigenvalue weighted by atomic mass is 10.00. The van der Waals surface area contributed by atoms with Crippen LogP contribution in [-0.2, 0) is 5.75 Å². The third kappa shape index (κ3) is 3.55. The zero-order valence-corrected chi connectivity index (χ0v) is 15.7. The maximum absolute atomic E-state index is 5.27. The molecule has 0 aliphatic carbocycles. The number of thioether (sulfide) groups is 1. The summed E-state index contributed by atoms with van der Waals surface area (Å²) in [5, 5.41) is 13.2. The minimum atomic E-state index is 0.100. The van der Waals surface area contributed by atoms with E-state index in [-0.39, 0.29) is 6.04 Å². The molecule has 0 saturated carbocycles. The number of fused-ring (bicyclic) bond motifs is 1. The monoisotopic (exact) mass is 364 g/mol. The molecule has 2 aromatic heterocycles. The van der Waals surface area contributed by atoms with Gasteiger partial charge in [-0.3, -0.25) is 0 Å². The number of benzene rings is 1. The van der Waals surface area contributed by atoms with Crippen molar-refractivity contribution in [1.82, 2.24) is 19.8 Å². The van der Waals surface area contributed by atoms with E-state index in [1.54, 1.807) is 30.2 Å². The SMILES string of the molecule is CC[C@H](C)[C@H]([NH3+])c1nnc2sc(SCc3cccc(OC)c3)nn12. The minimum Gasteiger partial charge on any atom is -0.497 e. The van der Waals surface area contributed by atoms with E-state index in [1.165, 1.54) is 5.56 Å². The first-order valence-corrected chi connectivity index (χ1v) is 9.73. The number of ether oxygens (including phenoxy) is 1. The summed E-state index contributed by atoms with van der Waals surface area (Å²) in [5.74, 6) is 3.02. The molecule has 3 rings (SSSR count). The van der Waals surface area contributed by atoms with Gasteiger partial charge in [0.1, 0.15) is 11.8 Å². The Hall–Kier alpha value is -1.64. The van der Waals surface area contributed by atoms with Crippen molar-refractivity contribution in [3.63, 3.8) is 0 Å². The molecule has 0 amide bonds. The van der Waals surface area contributed by atoms with Crippen LogP contribution in [0.5, 0.6) is 5.75 Å². The third-order valence-electron chi connectivity index (χ3n) is 4.16. The summed E-state index contributed by atoms with van der Waals surface area (Å²) in [6.07, 6.45) is 1.06. The van der Waals surface area contributed by atoms with E-state index in [0.29, 0.717) is 5.92 Å². The number of rotatable bonds is 7. The molecule has 0 saturated heterocycles. The van der Waals surface area contributed by atoms with E-state index in [1.807, 2.05) is 22.7 Å². The molecule has 24 heavy (non-hydrogen) atoms. The van der Waals surface area contributed by atoms with E-state index in [4.69, 9.17) is 4.74 Å². The van der Waals surface area contributed by atoms with Gasteiger partial charge in [-0.1, -0.05) is 49.1 Å². The Labute approximate surface area is 149 Å². The second kappa shape index (κ2) is 7.50. The van der Waals surface area contributed by atoms with Gasteiger partial charge in [-0.05, 0) is 24.1 Å². The molecule has 3 N–H and O–H groups in total. The third-order valence-corrected chi connectivity index (χ3v) is 6.26. The van der Waals surface area contributed by atoms with Crippen LogP contribution in [0.4, 0.5) is 0 Å². The fraction of sp³-hybridized carbons (Fsp3) is 0.438. The highest BCUT2D eigenvalue weighted by Gasteiger charge is 2.24. The fourth-order valence-electron chi connectivity index (χ4n) is 2.35. The summed E-state index contributed by atoms with van der Waals surface area (Å²) < 4.78 is 8.10. The van der Waals surface area contributed by atoms with Crippen LogP contribution in [0.3, 0.4) is 0 Å². The molecular weight excluding hydrogens is 342 g/mol. The summed E-state index contributed by atoms with van der Waals surface area (Å²) >= 11 is 3.27. The van der Waals surface area contributed by atoms with Crippen molar-refractivity contribution in [2.45, 2.75) is 36.4 Å². The predicted octanol–water partition coefficient (Wildman–Crippen LogP) is 2.82. The normalized spacial score (nSPS) is 14.0.